The Hall–Kier alpha value is -2.08. The van der Waals surface area contributed by atoms with Crippen LogP contribution in [0.2, 0.25) is 0 Å². The van der Waals surface area contributed by atoms with Gasteiger partial charge in [-0.15, -0.1) is 0 Å². The van der Waals surface area contributed by atoms with Crippen molar-refractivity contribution >= 4 is 23.3 Å². The summed E-state index contributed by atoms with van der Waals surface area (Å²) >= 11 is 0. The van der Waals surface area contributed by atoms with E-state index >= 15 is 0 Å². The Morgan fingerprint density at radius 2 is 2.32 bits per heavy atom. The maximum Gasteiger partial charge on any atom is 0.304 e. The van der Waals surface area contributed by atoms with Gasteiger partial charge in [-0.3, -0.25) is 9.59 Å². The molecule has 1 unspecified atom stereocenters. The number of nitrogens with two attached hydrogens (primary N) is 1. The first-order chi connectivity index (χ1) is 8.95. The van der Waals surface area contributed by atoms with Gasteiger partial charge in [-0.2, -0.15) is 0 Å². The second-order valence-corrected chi connectivity index (χ2v) is 4.80. The molecule has 102 valence electrons. The van der Waals surface area contributed by atoms with Crippen molar-refractivity contribution < 1.29 is 14.7 Å². The van der Waals surface area contributed by atoms with E-state index in [1.54, 1.807) is 0 Å². The van der Waals surface area contributed by atoms with Crippen LogP contribution in [0.25, 0.3) is 0 Å². The van der Waals surface area contributed by atoms with E-state index in [2.05, 4.69) is 5.32 Å². The Kier molecular flexibility index (Phi) is 3.71. The largest absolute Gasteiger partial charge is 0.481 e. The second-order valence-electron chi connectivity index (χ2n) is 4.80. The molecule has 0 fully saturated rings. The molecule has 0 bridgehead atoms. The van der Waals surface area contributed by atoms with Crippen molar-refractivity contribution in [3.8, 4) is 0 Å². The molecule has 0 radical (unpaired) electrons. The first-order valence-electron chi connectivity index (χ1n) is 6.07. The number of carboxylic acid groups (broad SMARTS) is 1. The summed E-state index contributed by atoms with van der Waals surface area (Å²) in [7, 11) is 1.85. The number of carbonyl (C=O) groups is 2. The molecule has 6 nitrogen and oxygen atoms in total. The fourth-order valence-electron chi connectivity index (χ4n) is 2.20. The molecular formula is C13H17N3O3. The number of likely N-dealkylation sites (N-methyl/N-ethyl adjacent to an activating group) is 1. The highest BCUT2D eigenvalue weighted by atomic mass is 16.4. The van der Waals surface area contributed by atoms with Gasteiger partial charge in [0, 0.05) is 31.0 Å². The zero-order valence-electron chi connectivity index (χ0n) is 10.7. The van der Waals surface area contributed by atoms with E-state index in [1.807, 2.05) is 30.1 Å². The van der Waals surface area contributed by atoms with E-state index in [9.17, 15) is 9.59 Å². The number of hydrogen-bond donors (Lipinski definition) is 3. The summed E-state index contributed by atoms with van der Waals surface area (Å²) in [4.78, 5) is 23.7. The number of carboxylic acids is 1. The predicted octanol–water partition coefficient (Wildman–Crippen LogP) is 0.419. The number of aliphatic carboxylic acids is 1. The Morgan fingerprint density at radius 1 is 1.58 bits per heavy atom. The molecule has 0 aromatic heterocycles. The van der Waals surface area contributed by atoms with E-state index in [0.717, 1.165) is 16.9 Å². The van der Waals surface area contributed by atoms with E-state index in [0.29, 0.717) is 13.0 Å². The number of fused-ring (bicyclic) bond motifs is 1. The summed E-state index contributed by atoms with van der Waals surface area (Å²) in [6.07, 6.45) is 0.327. The standard InChI is InChI=1S/C13H17N3O3/c1-16(7-9(14)6-13(18)19)10-2-3-11-8(4-10)5-12(17)15-11/h2-4,9H,5-7,14H2,1H3,(H,15,17)(H,18,19). The number of amides is 1. The van der Waals surface area contributed by atoms with Gasteiger partial charge in [0.2, 0.25) is 5.91 Å². The average Bonchev–Trinajstić information content (AvgIpc) is 2.66. The van der Waals surface area contributed by atoms with Gasteiger partial charge in [-0.05, 0) is 23.8 Å². The number of hydrogen-bond acceptors (Lipinski definition) is 4. The van der Waals surface area contributed by atoms with Gasteiger partial charge in [0.05, 0.1) is 12.8 Å². The van der Waals surface area contributed by atoms with Crippen LogP contribution >= 0.6 is 0 Å². The van der Waals surface area contributed by atoms with Crippen molar-refractivity contribution in [1.82, 2.24) is 0 Å². The zero-order chi connectivity index (χ0) is 14.0. The Morgan fingerprint density at radius 3 is 3.00 bits per heavy atom. The lowest BCUT2D eigenvalue weighted by atomic mass is 10.1. The maximum absolute atomic E-state index is 11.3. The molecule has 6 heteroatoms. The van der Waals surface area contributed by atoms with Crippen molar-refractivity contribution in [3.63, 3.8) is 0 Å². The molecule has 4 N–H and O–H groups in total. The molecule has 1 aromatic carbocycles. The SMILES string of the molecule is CN(CC(N)CC(=O)O)c1ccc2c(c1)CC(=O)N2. The van der Waals surface area contributed by atoms with Crippen LogP contribution in [0.15, 0.2) is 18.2 Å². The van der Waals surface area contributed by atoms with Gasteiger partial charge in [0.15, 0.2) is 0 Å². The fourth-order valence-corrected chi connectivity index (χ4v) is 2.20. The molecular weight excluding hydrogens is 246 g/mol. The Bertz CT molecular complexity index is 516. The molecule has 1 heterocycles. The molecule has 0 saturated heterocycles. The normalized spacial score (nSPS) is 14.7. The number of nitrogens with one attached hydrogen (secondary N) is 1. The van der Waals surface area contributed by atoms with Gasteiger partial charge in [0.25, 0.3) is 0 Å². The van der Waals surface area contributed by atoms with E-state index < -0.39 is 12.0 Å². The monoisotopic (exact) mass is 263 g/mol. The van der Waals surface area contributed by atoms with Crippen LogP contribution < -0.4 is 16.0 Å². The Labute approximate surface area is 111 Å². The first kappa shape index (κ1) is 13.4. The number of nitrogens with zero attached hydrogens (tertiary/aromatic N) is 1. The van der Waals surface area contributed by atoms with Crippen LogP contribution in [-0.2, 0) is 16.0 Å². The highest BCUT2D eigenvalue weighted by molar-refractivity contribution is 5.99. The lowest BCUT2D eigenvalue weighted by molar-refractivity contribution is -0.137. The molecule has 0 saturated carbocycles. The summed E-state index contributed by atoms with van der Waals surface area (Å²) in [6, 6.07) is 5.25. The third-order valence-corrected chi connectivity index (χ3v) is 3.10. The molecule has 0 aliphatic carbocycles. The third kappa shape index (κ3) is 3.23. The van der Waals surface area contributed by atoms with E-state index in [1.165, 1.54) is 0 Å². The Balaban J connectivity index is 2.04. The van der Waals surface area contributed by atoms with Crippen LogP contribution in [0.5, 0.6) is 0 Å². The molecule has 0 spiro atoms. The van der Waals surface area contributed by atoms with E-state index in [4.69, 9.17) is 10.8 Å². The van der Waals surface area contributed by atoms with Gasteiger partial charge >= 0.3 is 5.97 Å². The molecule has 1 atom stereocenters. The zero-order valence-corrected chi connectivity index (χ0v) is 10.7. The van der Waals surface area contributed by atoms with Crippen molar-refractivity contribution in [3.05, 3.63) is 23.8 Å². The highest BCUT2D eigenvalue weighted by Gasteiger charge is 2.19. The topological polar surface area (TPSA) is 95.7 Å². The van der Waals surface area contributed by atoms with E-state index in [-0.39, 0.29) is 12.3 Å². The van der Waals surface area contributed by atoms with Gasteiger partial charge in [-0.1, -0.05) is 0 Å². The first-order valence-corrected chi connectivity index (χ1v) is 6.07. The lowest BCUT2D eigenvalue weighted by Crippen LogP contribution is -2.36. The molecule has 2 rings (SSSR count). The van der Waals surface area contributed by atoms with Gasteiger partial charge in [-0.25, -0.2) is 0 Å². The number of carbonyl (C=O) groups excluding carboxylic acids is 1. The quantitative estimate of drug-likeness (QED) is 0.715. The molecule has 1 aliphatic heterocycles. The highest BCUT2D eigenvalue weighted by Crippen LogP contribution is 2.27. The van der Waals surface area contributed by atoms with Gasteiger partial charge < -0.3 is 21.1 Å². The number of rotatable bonds is 5. The third-order valence-electron chi connectivity index (χ3n) is 3.10. The summed E-state index contributed by atoms with van der Waals surface area (Å²) in [5.74, 6) is -0.901. The lowest BCUT2D eigenvalue weighted by Gasteiger charge is -2.23. The van der Waals surface area contributed by atoms with Crippen LogP contribution in [0, 0.1) is 0 Å². The summed E-state index contributed by atoms with van der Waals surface area (Å²) in [5.41, 5.74) is 8.49. The molecule has 1 aromatic rings. The molecule has 19 heavy (non-hydrogen) atoms. The minimum absolute atomic E-state index is 0.00242. The summed E-state index contributed by atoms with van der Waals surface area (Å²) in [6.45, 7) is 0.451. The van der Waals surface area contributed by atoms with Crippen LogP contribution in [0.1, 0.15) is 12.0 Å². The second kappa shape index (κ2) is 5.27. The van der Waals surface area contributed by atoms with Crippen LogP contribution in [0.4, 0.5) is 11.4 Å². The van der Waals surface area contributed by atoms with Crippen molar-refractivity contribution in [2.24, 2.45) is 5.73 Å². The van der Waals surface area contributed by atoms with Crippen LogP contribution in [0.3, 0.4) is 0 Å². The smallest absolute Gasteiger partial charge is 0.304 e. The summed E-state index contributed by atoms with van der Waals surface area (Å²) in [5, 5.41) is 11.4. The van der Waals surface area contributed by atoms with Crippen LogP contribution in [-0.4, -0.2) is 36.6 Å². The fraction of sp³-hybridized carbons (Fsp3) is 0.385. The molecule has 1 aliphatic rings. The number of benzene rings is 1. The predicted molar refractivity (Wildman–Crippen MR) is 72.3 cm³/mol. The molecule has 1 amide bonds. The maximum atomic E-state index is 11.3. The summed E-state index contributed by atoms with van der Waals surface area (Å²) < 4.78 is 0. The van der Waals surface area contributed by atoms with Crippen molar-refractivity contribution in [1.29, 1.82) is 0 Å². The minimum Gasteiger partial charge on any atom is -0.481 e. The van der Waals surface area contributed by atoms with Crippen molar-refractivity contribution in [2.75, 3.05) is 23.8 Å². The average molecular weight is 263 g/mol. The van der Waals surface area contributed by atoms with Crippen molar-refractivity contribution in [2.45, 2.75) is 18.9 Å². The minimum atomic E-state index is -0.898. The number of anilines is 2. The van der Waals surface area contributed by atoms with Gasteiger partial charge in [0.1, 0.15) is 0 Å².